The molecular formula is C15H17N3O2. The van der Waals surface area contributed by atoms with Gasteiger partial charge in [-0.2, -0.15) is 4.98 Å². The zero-order valence-electron chi connectivity index (χ0n) is 11.2. The van der Waals surface area contributed by atoms with Crippen molar-refractivity contribution in [1.82, 2.24) is 10.1 Å². The third kappa shape index (κ3) is 1.73. The van der Waals surface area contributed by atoms with Crippen LogP contribution in [0.2, 0.25) is 0 Å². The fraction of sp³-hybridized carbons (Fsp3) is 0.467. The smallest absolute Gasteiger partial charge is 0.234 e. The van der Waals surface area contributed by atoms with E-state index in [1.807, 2.05) is 18.2 Å². The summed E-state index contributed by atoms with van der Waals surface area (Å²) in [6.07, 6.45) is 2.98. The van der Waals surface area contributed by atoms with Gasteiger partial charge in [0, 0.05) is 12.1 Å². The van der Waals surface area contributed by atoms with Crippen molar-refractivity contribution in [1.29, 1.82) is 0 Å². The van der Waals surface area contributed by atoms with E-state index in [0.29, 0.717) is 19.0 Å². The van der Waals surface area contributed by atoms with Crippen LogP contribution in [-0.2, 0) is 5.41 Å². The SMILES string of the molecule is NCC1(c2nc(C3CCOc4ccccc43)no2)CC1. The Morgan fingerprint density at radius 3 is 2.95 bits per heavy atom. The molecule has 2 aromatic rings. The summed E-state index contributed by atoms with van der Waals surface area (Å²) in [6, 6.07) is 8.07. The first-order valence-corrected chi connectivity index (χ1v) is 7.08. The lowest BCUT2D eigenvalue weighted by Gasteiger charge is -2.23. The van der Waals surface area contributed by atoms with E-state index in [1.165, 1.54) is 0 Å². The minimum atomic E-state index is -0.0457. The molecule has 1 fully saturated rings. The second-order valence-electron chi connectivity index (χ2n) is 5.67. The van der Waals surface area contributed by atoms with Gasteiger partial charge in [0.15, 0.2) is 5.82 Å². The standard InChI is InChI=1S/C15H17N3O2/c16-9-15(6-7-15)14-17-13(18-20-14)11-5-8-19-12-4-2-1-3-10(11)12/h1-4,11H,5-9,16H2. The molecule has 4 rings (SSSR count). The number of hydrogen-bond acceptors (Lipinski definition) is 5. The minimum Gasteiger partial charge on any atom is -0.493 e. The van der Waals surface area contributed by atoms with E-state index < -0.39 is 0 Å². The molecule has 0 amide bonds. The van der Waals surface area contributed by atoms with Crippen LogP contribution in [0.1, 0.15) is 42.5 Å². The summed E-state index contributed by atoms with van der Waals surface area (Å²) in [6.45, 7) is 1.27. The first-order valence-electron chi connectivity index (χ1n) is 7.08. The molecule has 5 heteroatoms. The maximum absolute atomic E-state index is 5.82. The van der Waals surface area contributed by atoms with Gasteiger partial charge in [-0.1, -0.05) is 23.4 Å². The van der Waals surface area contributed by atoms with Gasteiger partial charge in [0.1, 0.15) is 5.75 Å². The molecule has 2 N–H and O–H groups in total. The molecule has 0 radical (unpaired) electrons. The Morgan fingerprint density at radius 1 is 1.30 bits per heavy atom. The summed E-state index contributed by atoms with van der Waals surface area (Å²) in [5.74, 6) is 2.55. The van der Waals surface area contributed by atoms with Crippen molar-refractivity contribution in [3.63, 3.8) is 0 Å². The number of rotatable bonds is 3. The van der Waals surface area contributed by atoms with Crippen LogP contribution in [0.4, 0.5) is 0 Å². The van der Waals surface area contributed by atoms with Crippen molar-refractivity contribution in [3.8, 4) is 5.75 Å². The van der Waals surface area contributed by atoms with E-state index in [0.717, 1.165) is 36.4 Å². The lowest BCUT2D eigenvalue weighted by atomic mass is 9.92. The first-order chi connectivity index (χ1) is 9.82. The molecule has 1 aliphatic carbocycles. The summed E-state index contributed by atoms with van der Waals surface area (Å²) in [5, 5.41) is 4.20. The van der Waals surface area contributed by atoms with Gasteiger partial charge in [-0.3, -0.25) is 0 Å². The number of ether oxygens (including phenoxy) is 1. The first kappa shape index (κ1) is 11.9. The lowest BCUT2D eigenvalue weighted by Crippen LogP contribution is -2.20. The predicted molar refractivity (Wildman–Crippen MR) is 72.7 cm³/mol. The fourth-order valence-electron chi connectivity index (χ4n) is 2.86. The molecule has 0 saturated heterocycles. The Labute approximate surface area is 117 Å². The monoisotopic (exact) mass is 271 g/mol. The molecule has 104 valence electrons. The van der Waals surface area contributed by atoms with Crippen LogP contribution in [-0.4, -0.2) is 23.3 Å². The molecular weight excluding hydrogens is 254 g/mol. The van der Waals surface area contributed by atoms with E-state index in [2.05, 4.69) is 16.2 Å². The number of nitrogens with two attached hydrogens (primary N) is 1. The third-order valence-electron chi connectivity index (χ3n) is 4.41. The van der Waals surface area contributed by atoms with E-state index >= 15 is 0 Å². The maximum Gasteiger partial charge on any atom is 0.234 e. The van der Waals surface area contributed by atoms with Crippen molar-refractivity contribution in [2.24, 2.45) is 5.73 Å². The molecule has 5 nitrogen and oxygen atoms in total. The topological polar surface area (TPSA) is 74.2 Å². The van der Waals surface area contributed by atoms with Gasteiger partial charge in [0.2, 0.25) is 5.89 Å². The van der Waals surface area contributed by atoms with Crippen LogP contribution >= 0.6 is 0 Å². The Hall–Kier alpha value is -1.88. The van der Waals surface area contributed by atoms with Crippen molar-refractivity contribution in [2.45, 2.75) is 30.6 Å². The molecule has 20 heavy (non-hydrogen) atoms. The Morgan fingerprint density at radius 2 is 2.15 bits per heavy atom. The highest BCUT2D eigenvalue weighted by Gasteiger charge is 2.48. The van der Waals surface area contributed by atoms with Gasteiger partial charge < -0.3 is 15.0 Å². The quantitative estimate of drug-likeness (QED) is 0.923. The van der Waals surface area contributed by atoms with Gasteiger partial charge in [-0.05, 0) is 25.3 Å². The fourth-order valence-corrected chi connectivity index (χ4v) is 2.86. The highest BCUT2D eigenvalue weighted by Crippen LogP contribution is 2.47. The number of benzene rings is 1. The van der Waals surface area contributed by atoms with Crippen molar-refractivity contribution in [2.75, 3.05) is 13.2 Å². The predicted octanol–water partition coefficient (Wildman–Crippen LogP) is 1.97. The number of nitrogens with zero attached hydrogens (tertiary/aromatic N) is 2. The summed E-state index contributed by atoms with van der Waals surface area (Å²) < 4.78 is 11.1. The molecule has 2 heterocycles. The minimum absolute atomic E-state index is 0.0457. The Bertz CT molecular complexity index is 634. The van der Waals surface area contributed by atoms with Crippen LogP contribution in [0.5, 0.6) is 5.75 Å². The van der Waals surface area contributed by atoms with Crippen LogP contribution in [0, 0.1) is 0 Å². The molecule has 1 saturated carbocycles. The summed E-state index contributed by atoms with van der Waals surface area (Å²) in [5.41, 5.74) is 6.91. The molecule has 1 atom stereocenters. The van der Waals surface area contributed by atoms with E-state index in [9.17, 15) is 0 Å². The summed E-state index contributed by atoms with van der Waals surface area (Å²) in [4.78, 5) is 4.62. The molecule has 1 unspecified atom stereocenters. The van der Waals surface area contributed by atoms with Crippen molar-refractivity contribution in [3.05, 3.63) is 41.5 Å². The summed E-state index contributed by atoms with van der Waals surface area (Å²) in [7, 11) is 0. The van der Waals surface area contributed by atoms with Crippen molar-refractivity contribution < 1.29 is 9.26 Å². The average Bonchev–Trinajstić information content (AvgIpc) is 3.16. The zero-order chi connectivity index (χ0) is 13.6. The highest BCUT2D eigenvalue weighted by molar-refractivity contribution is 5.40. The van der Waals surface area contributed by atoms with Gasteiger partial charge in [-0.25, -0.2) is 0 Å². The average molecular weight is 271 g/mol. The summed E-state index contributed by atoms with van der Waals surface area (Å²) >= 11 is 0. The highest BCUT2D eigenvalue weighted by atomic mass is 16.5. The number of fused-ring (bicyclic) bond motifs is 1. The third-order valence-corrected chi connectivity index (χ3v) is 4.41. The largest absolute Gasteiger partial charge is 0.493 e. The second-order valence-corrected chi connectivity index (χ2v) is 5.67. The number of hydrogen-bond donors (Lipinski definition) is 1. The van der Waals surface area contributed by atoms with E-state index in [1.54, 1.807) is 0 Å². The van der Waals surface area contributed by atoms with Crippen molar-refractivity contribution >= 4 is 0 Å². The molecule has 1 aliphatic heterocycles. The molecule has 1 aromatic heterocycles. The van der Waals surface area contributed by atoms with E-state index in [-0.39, 0.29) is 11.3 Å². The van der Waals surface area contributed by atoms with Gasteiger partial charge in [0.05, 0.1) is 17.9 Å². The molecule has 1 aromatic carbocycles. The maximum atomic E-state index is 5.82. The van der Waals surface area contributed by atoms with Crippen LogP contribution in [0.25, 0.3) is 0 Å². The number of para-hydroxylation sites is 1. The van der Waals surface area contributed by atoms with Crippen LogP contribution in [0.15, 0.2) is 28.8 Å². The normalized spacial score (nSPS) is 22.9. The molecule has 0 spiro atoms. The van der Waals surface area contributed by atoms with Gasteiger partial charge in [-0.15, -0.1) is 0 Å². The lowest BCUT2D eigenvalue weighted by molar-refractivity contribution is 0.271. The molecule has 0 bridgehead atoms. The second kappa shape index (κ2) is 4.31. The van der Waals surface area contributed by atoms with Gasteiger partial charge in [0.25, 0.3) is 0 Å². The zero-order valence-corrected chi connectivity index (χ0v) is 11.2. The van der Waals surface area contributed by atoms with E-state index in [4.69, 9.17) is 15.0 Å². The van der Waals surface area contributed by atoms with Crippen LogP contribution in [0.3, 0.4) is 0 Å². The molecule has 2 aliphatic rings. The Balaban J connectivity index is 1.69. The Kier molecular flexibility index (Phi) is 2.57. The van der Waals surface area contributed by atoms with Gasteiger partial charge >= 0.3 is 0 Å². The van der Waals surface area contributed by atoms with Crippen LogP contribution < -0.4 is 10.5 Å². The number of aromatic nitrogens is 2.